The molecule has 0 aromatic heterocycles. The van der Waals surface area contributed by atoms with Crippen molar-refractivity contribution in [1.29, 1.82) is 0 Å². The van der Waals surface area contributed by atoms with Crippen LogP contribution in [-0.4, -0.2) is 42.9 Å². The number of amides is 2. The van der Waals surface area contributed by atoms with Gasteiger partial charge in [-0.15, -0.1) is 0 Å². The van der Waals surface area contributed by atoms with Crippen LogP contribution in [0.15, 0.2) is 65.1 Å². The van der Waals surface area contributed by atoms with E-state index in [0.717, 1.165) is 39.7 Å². The Hall–Kier alpha value is -2.86. The molecule has 0 atom stereocenters. The Bertz CT molecular complexity index is 1090. The van der Waals surface area contributed by atoms with Crippen molar-refractivity contribution in [2.24, 2.45) is 0 Å². The number of piperazine rings is 1. The summed E-state index contributed by atoms with van der Waals surface area (Å²) in [5.41, 5.74) is 2.41. The molecule has 154 valence electrons. The summed E-state index contributed by atoms with van der Waals surface area (Å²) >= 11 is 3.56. The molecule has 30 heavy (non-hydrogen) atoms. The minimum absolute atomic E-state index is 0.133. The molecule has 6 heteroatoms. The van der Waals surface area contributed by atoms with E-state index in [9.17, 15) is 9.59 Å². The number of benzene rings is 3. The first kappa shape index (κ1) is 20.4. The number of hydrogen-bond acceptors (Lipinski definition) is 3. The second kappa shape index (κ2) is 8.88. The molecule has 1 fully saturated rings. The Labute approximate surface area is 184 Å². The predicted octanol–water partition coefficient (Wildman–Crippen LogP) is 4.91. The third-order valence-electron chi connectivity index (χ3n) is 5.54. The highest BCUT2D eigenvalue weighted by molar-refractivity contribution is 9.10. The quantitative estimate of drug-likeness (QED) is 0.595. The van der Waals surface area contributed by atoms with Crippen molar-refractivity contribution in [2.45, 2.75) is 13.3 Å². The molecule has 1 N–H and O–H groups in total. The number of carbonyl (C=O) groups excluding carboxylic acids is 2. The fourth-order valence-corrected chi connectivity index (χ4v) is 4.43. The standard InChI is InChI=1S/C24H24BrN3O2/c1-2-23(29)28-15-13-27(14-16-28)22-12-4-3-11-21(22)26-24(30)19-9-5-8-18-17(19)7-6-10-20(18)25/h3-12H,2,13-16H2,1H3,(H,26,30). The van der Waals surface area contributed by atoms with Crippen molar-refractivity contribution in [1.82, 2.24) is 4.90 Å². The minimum Gasteiger partial charge on any atom is -0.366 e. The molecule has 0 bridgehead atoms. The smallest absolute Gasteiger partial charge is 0.256 e. The number of hydrogen-bond donors (Lipinski definition) is 1. The van der Waals surface area contributed by atoms with Crippen LogP contribution in [-0.2, 0) is 4.79 Å². The van der Waals surface area contributed by atoms with Gasteiger partial charge in [0.1, 0.15) is 0 Å². The van der Waals surface area contributed by atoms with Gasteiger partial charge >= 0.3 is 0 Å². The monoisotopic (exact) mass is 465 g/mol. The number of anilines is 2. The van der Waals surface area contributed by atoms with E-state index in [2.05, 4.69) is 26.1 Å². The summed E-state index contributed by atoms with van der Waals surface area (Å²) in [7, 11) is 0. The van der Waals surface area contributed by atoms with Gasteiger partial charge in [-0.25, -0.2) is 0 Å². The average molecular weight is 466 g/mol. The zero-order valence-electron chi connectivity index (χ0n) is 16.9. The third-order valence-corrected chi connectivity index (χ3v) is 6.23. The maximum absolute atomic E-state index is 13.2. The topological polar surface area (TPSA) is 52.7 Å². The summed E-state index contributed by atoms with van der Waals surface area (Å²) in [6, 6.07) is 19.5. The predicted molar refractivity (Wildman–Crippen MR) is 125 cm³/mol. The van der Waals surface area contributed by atoms with E-state index in [1.807, 2.05) is 72.5 Å². The molecule has 1 saturated heterocycles. The van der Waals surface area contributed by atoms with E-state index in [0.29, 0.717) is 25.1 Å². The summed E-state index contributed by atoms with van der Waals surface area (Å²) < 4.78 is 0.967. The molecule has 0 unspecified atom stereocenters. The maximum atomic E-state index is 13.2. The highest BCUT2D eigenvalue weighted by Crippen LogP contribution is 2.30. The zero-order valence-corrected chi connectivity index (χ0v) is 18.5. The van der Waals surface area contributed by atoms with Crippen molar-refractivity contribution < 1.29 is 9.59 Å². The van der Waals surface area contributed by atoms with Crippen LogP contribution in [0.4, 0.5) is 11.4 Å². The van der Waals surface area contributed by atoms with E-state index < -0.39 is 0 Å². The van der Waals surface area contributed by atoms with Gasteiger partial charge in [0.25, 0.3) is 5.91 Å². The van der Waals surface area contributed by atoms with Crippen molar-refractivity contribution in [3.8, 4) is 0 Å². The molecule has 5 nitrogen and oxygen atoms in total. The van der Waals surface area contributed by atoms with Gasteiger partial charge in [-0.05, 0) is 35.0 Å². The first-order chi connectivity index (χ1) is 14.6. The van der Waals surface area contributed by atoms with Crippen LogP contribution in [0.25, 0.3) is 10.8 Å². The lowest BCUT2D eigenvalue weighted by Crippen LogP contribution is -2.48. The zero-order chi connectivity index (χ0) is 21.1. The van der Waals surface area contributed by atoms with Crippen LogP contribution in [0.2, 0.25) is 0 Å². The minimum atomic E-state index is -0.133. The average Bonchev–Trinajstić information content (AvgIpc) is 2.79. The van der Waals surface area contributed by atoms with Crippen LogP contribution in [0.3, 0.4) is 0 Å². The first-order valence-corrected chi connectivity index (χ1v) is 11.0. The first-order valence-electron chi connectivity index (χ1n) is 10.2. The number of carbonyl (C=O) groups is 2. The molecule has 0 radical (unpaired) electrons. The molecule has 1 aliphatic rings. The van der Waals surface area contributed by atoms with Crippen molar-refractivity contribution in [3.05, 3.63) is 70.7 Å². The molecule has 3 aromatic rings. The molecule has 1 heterocycles. The van der Waals surface area contributed by atoms with Gasteiger partial charge in [0.15, 0.2) is 0 Å². The summed E-state index contributed by atoms with van der Waals surface area (Å²) in [5, 5.41) is 5.02. The lowest BCUT2D eigenvalue weighted by atomic mass is 10.0. The van der Waals surface area contributed by atoms with Gasteiger partial charge in [-0.1, -0.05) is 59.3 Å². The molecule has 0 saturated carbocycles. The molecule has 4 rings (SSSR count). The summed E-state index contributed by atoms with van der Waals surface area (Å²) in [6.45, 7) is 4.80. The number of rotatable bonds is 4. The molecular formula is C24H24BrN3O2. The van der Waals surface area contributed by atoms with Gasteiger partial charge < -0.3 is 15.1 Å². The SMILES string of the molecule is CCC(=O)N1CCN(c2ccccc2NC(=O)c2cccc3c(Br)cccc23)CC1. The Morgan fingerprint density at radius 2 is 1.60 bits per heavy atom. The number of halogens is 1. The van der Waals surface area contributed by atoms with Gasteiger partial charge in [0, 0.05) is 42.6 Å². The number of nitrogens with one attached hydrogen (secondary N) is 1. The Balaban J connectivity index is 1.56. The van der Waals surface area contributed by atoms with Crippen molar-refractivity contribution >= 4 is 49.9 Å². The fraction of sp³-hybridized carbons (Fsp3) is 0.250. The Kier molecular flexibility index (Phi) is 6.04. The lowest BCUT2D eigenvalue weighted by Gasteiger charge is -2.36. The van der Waals surface area contributed by atoms with Gasteiger partial charge in [-0.2, -0.15) is 0 Å². The van der Waals surface area contributed by atoms with Crippen LogP contribution in [0, 0.1) is 0 Å². The van der Waals surface area contributed by atoms with Crippen LogP contribution >= 0.6 is 15.9 Å². The number of nitrogens with zero attached hydrogens (tertiary/aromatic N) is 2. The van der Waals surface area contributed by atoms with E-state index >= 15 is 0 Å². The van der Waals surface area contributed by atoms with Gasteiger partial charge in [0.05, 0.1) is 11.4 Å². The summed E-state index contributed by atoms with van der Waals surface area (Å²) in [6.07, 6.45) is 0.536. The van der Waals surface area contributed by atoms with Crippen molar-refractivity contribution in [3.63, 3.8) is 0 Å². The van der Waals surface area contributed by atoms with Gasteiger partial charge in [-0.3, -0.25) is 9.59 Å². The van der Waals surface area contributed by atoms with E-state index in [-0.39, 0.29) is 11.8 Å². The number of fused-ring (bicyclic) bond motifs is 1. The Morgan fingerprint density at radius 1 is 0.900 bits per heavy atom. The number of para-hydroxylation sites is 2. The second-order valence-electron chi connectivity index (χ2n) is 7.33. The highest BCUT2D eigenvalue weighted by Gasteiger charge is 2.22. The maximum Gasteiger partial charge on any atom is 0.256 e. The molecule has 0 spiro atoms. The molecule has 2 amide bonds. The molecular weight excluding hydrogens is 442 g/mol. The normalized spacial score (nSPS) is 14.1. The highest BCUT2D eigenvalue weighted by atomic mass is 79.9. The van der Waals surface area contributed by atoms with Crippen LogP contribution in [0.5, 0.6) is 0 Å². The van der Waals surface area contributed by atoms with Crippen LogP contribution < -0.4 is 10.2 Å². The van der Waals surface area contributed by atoms with E-state index in [1.165, 1.54) is 0 Å². The second-order valence-corrected chi connectivity index (χ2v) is 8.19. The summed E-state index contributed by atoms with van der Waals surface area (Å²) in [5.74, 6) is 0.0595. The van der Waals surface area contributed by atoms with E-state index in [1.54, 1.807) is 0 Å². The third kappa shape index (κ3) is 4.05. The summed E-state index contributed by atoms with van der Waals surface area (Å²) in [4.78, 5) is 29.3. The Morgan fingerprint density at radius 3 is 2.37 bits per heavy atom. The lowest BCUT2D eigenvalue weighted by molar-refractivity contribution is -0.131. The van der Waals surface area contributed by atoms with Crippen molar-refractivity contribution in [2.75, 3.05) is 36.4 Å². The molecule has 1 aliphatic heterocycles. The van der Waals surface area contributed by atoms with E-state index in [4.69, 9.17) is 0 Å². The van der Waals surface area contributed by atoms with Gasteiger partial charge in [0.2, 0.25) is 5.91 Å². The largest absolute Gasteiger partial charge is 0.366 e. The van der Waals surface area contributed by atoms with Crippen LogP contribution in [0.1, 0.15) is 23.7 Å². The molecule has 0 aliphatic carbocycles. The molecule has 3 aromatic carbocycles. The fourth-order valence-electron chi connectivity index (χ4n) is 3.93.